The van der Waals surface area contributed by atoms with Crippen LogP contribution in [0.2, 0.25) is 0 Å². The van der Waals surface area contributed by atoms with E-state index in [9.17, 15) is 14.3 Å². The van der Waals surface area contributed by atoms with Crippen LogP contribution in [0.5, 0.6) is 0 Å². The molecule has 0 aliphatic rings. The summed E-state index contributed by atoms with van der Waals surface area (Å²) in [5, 5.41) is 0. The number of rotatable bonds is 48. The summed E-state index contributed by atoms with van der Waals surface area (Å²) in [5.74, 6) is -0.345. The zero-order valence-corrected chi connectivity index (χ0v) is 43.6. The van der Waals surface area contributed by atoms with Crippen LogP contribution in [0.1, 0.15) is 206 Å². The normalized spacial score (nSPS) is 14.2. The Morgan fingerprint density at radius 3 is 1.32 bits per heavy atom. The second kappa shape index (κ2) is 48.1. The number of esters is 1. The minimum absolute atomic E-state index is 0.0787. The first-order chi connectivity index (χ1) is 31.6. The molecule has 2 atom stereocenters. The fourth-order valence-electron chi connectivity index (χ4n) is 6.95. The van der Waals surface area contributed by atoms with Crippen molar-refractivity contribution in [3.05, 3.63) is 85.1 Å². The molecular weight excluding hydrogens is 830 g/mol. The minimum atomic E-state index is -4.29. The summed E-state index contributed by atoms with van der Waals surface area (Å²) in [6.45, 7) is 5.48. The molecule has 0 aromatic rings. The van der Waals surface area contributed by atoms with Gasteiger partial charge in [0.1, 0.15) is 19.3 Å². The Morgan fingerprint density at radius 2 is 0.892 bits per heavy atom. The third kappa shape index (κ3) is 52.5. The second-order valence-corrected chi connectivity index (χ2v) is 20.0. The van der Waals surface area contributed by atoms with E-state index in [2.05, 4.69) is 98.9 Å². The number of carbonyl (C=O) groups excluding carboxylic acids is 1. The molecule has 0 bridgehead atoms. The quantitative estimate of drug-likeness (QED) is 0.0214. The molecule has 376 valence electrons. The van der Waals surface area contributed by atoms with Crippen molar-refractivity contribution in [2.24, 2.45) is 0 Å². The standard InChI is InChI=1S/C56H100NO7P/c1-6-8-10-12-14-16-18-20-22-24-26-27-28-29-30-31-32-33-35-37-39-41-43-45-47-49-56(58)64-55(54-63-65(59,60)62-52-50-57(3,4)5)53-61-51-48-46-44-42-40-38-36-34-25-23-21-19-17-15-13-11-9-7-2/h8,10,14,16,20,22,26-27,29-30,32-33,37,39,55H,6-7,9,11-13,15,17-19,21,23-25,28,31,34-36,38,40-54H2,1-5H3/p+1/b10-8-,16-14-,22-20-,27-26-,30-29-,33-32-,39-37-. The summed E-state index contributed by atoms with van der Waals surface area (Å²) in [7, 11) is 1.64. The number of nitrogens with zero attached hydrogens (tertiary/aromatic N) is 1. The summed E-state index contributed by atoms with van der Waals surface area (Å²) >= 11 is 0. The second-order valence-electron chi connectivity index (χ2n) is 18.5. The molecule has 2 unspecified atom stereocenters. The molecule has 8 nitrogen and oxygen atoms in total. The van der Waals surface area contributed by atoms with Gasteiger partial charge in [-0.05, 0) is 70.6 Å². The van der Waals surface area contributed by atoms with Crippen LogP contribution >= 0.6 is 7.82 Å². The first kappa shape index (κ1) is 62.7. The molecule has 0 radical (unpaired) electrons. The van der Waals surface area contributed by atoms with E-state index < -0.39 is 13.9 Å². The minimum Gasteiger partial charge on any atom is -0.457 e. The molecule has 0 saturated carbocycles. The van der Waals surface area contributed by atoms with Crippen molar-refractivity contribution in [2.75, 3.05) is 54.1 Å². The summed E-state index contributed by atoms with van der Waals surface area (Å²) in [6.07, 6.45) is 64.9. The van der Waals surface area contributed by atoms with Crippen LogP contribution in [-0.2, 0) is 27.9 Å². The zero-order valence-electron chi connectivity index (χ0n) is 42.7. The van der Waals surface area contributed by atoms with Crippen molar-refractivity contribution < 1.29 is 37.3 Å². The molecule has 0 amide bonds. The number of hydrogen-bond donors (Lipinski definition) is 1. The van der Waals surface area contributed by atoms with Gasteiger partial charge in [-0.15, -0.1) is 0 Å². The van der Waals surface area contributed by atoms with Crippen molar-refractivity contribution in [3.63, 3.8) is 0 Å². The van der Waals surface area contributed by atoms with Crippen LogP contribution in [0.25, 0.3) is 0 Å². The summed E-state index contributed by atoms with van der Waals surface area (Å²) in [6, 6.07) is 0. The highest BCUT2D eigenvalue weighted by molar-refractivity contribution is 7.47. The fraction of sp³-hybridized carbons (Fsp3) is 0.732. The van der Waals surface area contributed by atoms with Crippen LogP contribution in [0.4, 0.5) is 0 Å². The zero-order chi connectivity index (χ0) is 47.6. The fourth-order valence-corrected chi connectivity index (χ4v) is 7.69. The lowest BCUT2D eigenvalue weighted by molar-refractivity contribution is -0.870. The number of ether oxygens (including phenoxy) is 2. The van der Waals surface area contributed by atoms with E-state index >= 15 is 0 Å². The molecule has 0 spiro atoms. The highest BCUT2D eigenvalue weighted by Gasteiger charge is 2.26. The van der Waals surface area contributed by atoms with E-state index in [4.69, 9.17) is 18.5 Å². The molecule has 0 aliphatic carbocycles. The third-order valence-corrected chi connectivity index (χ3v) is 12.0. The number of likely N-dealkylation sites (N-methyl/N-ethyl adjacent to an activating group) is 1. The van der Waals surface area contributed by atoms with Crippen molar-refractivity contribution in [1.82, 2.24) is 0 Å². The largest absolute Gasteiger partial charge is 0.472 e. The average molecular weight is 931 g/mol. The first-order valence-electron chi connectivity index (χ1n) is 26.3. The van der Waals surface area contributed by atoms with Gasteiger partial charge in [0.25, 0.3) is 0 Å². The number of phosphoric acid groups is 1. The van der Waals surface area contributed by atoms with Gasteiger partial charge in [0, 0.05) is 13.0 Å². The number of hydrogen-bond acceptors (Lipinski definition) is 6. The Balaban J connectivity index is 4.23. The topological polar surface area (TPSA) is 91.3 Å². The monoisotopic (exact) mass is 931 g/mol. The Morgan fingerprint density at radius 1 is 0.492 bits per heavy atom. The number of carbonyl (C=O) groups is 1. The summed E-state index contributed by atoms with van der Waals surface area (Å²) in [5.41, 5.74) is 0. The van der Waals surface area contributed by atoms with Crippen LogP contribution < -0.4 is 0 Å². The molecule has 0 aromatic carbocycles. The van der Waals surface area contributed by atoms with Crippen molar-refractivity contribution >= 4 is 13.8 Å². The molecular formula is C56H101NO7P+. The lowest BCUT2D eigenvalue weighted by Gasteiger charge is -2.24. The first-order valence-corrected chi connectivity index (χ1v) is 27.8. The highest BCUT2D eigenvalue weighted by atomic mass is 31.2. The van der Waals surface area contributed by atoms with E-state index in [1.807, 2.05) is 21.1 Å². The molecule has 0 rings (SSSR count). The molecule has 0 saturated heterocycles. The van der Waals surface area contributed by atoms with E-state index in [1.54, 1.807) is 0 Å². The lowest BCUT2D eigenvalue weighted by atomic mass is 10.0. The van der Waals surface area contributed by atoms with E-state index in [-0.39, 0.29) is 32.2 Å². The molecule has 0 aliphatic heterocycles. The predicted molar refractivity (Wildman–Crippen MR) is 279 cm³/mol. The van der Waals surface area contributed by atoms with Gasteiger partial charge in [0.05, 0.1) is 34.4 Å². The Kier molecular flexibility index (Phi) is 46.4. The van der Waals surface area contributed by atoms with Crippen LogP contribution in [0.3, 0.4) is 0 Å². The van der Waals surface area contributed by atoms with Crippen molar-refractivity contribution in [3.8, 4) is 0 Å². The molecule has 0 heterocycles. The summed E-state index contributed by atoms with van der Waals surface area (Å²) < 4.78 is 35.1. The average Bonchev–Trinajstić information content (AvgIpc) is 3.27. The Labute approximate surface area is 401 Å². The van der Waals surface area contributed by atoms with E-state index in [0.29, 0.717) is 17.6 Å². The molecule has 1 N–H and O–H groups in total. The van der Waals surface area contributed by atoms with E-state index in [1.165, 1.54) is 103 Å². The molecule has 0 aromatic heterocycles. The van der Waals surface area contributed by atoms with Crippen LogP contribution in [0, 0.1) is 0 Å². The maximum atomic E-state index is 12.8. The number of allylic oxidation sites excluding steroid dienone is 14. The van der Waals surface area contributed by atoms with Gasteiger partial charge in [-0.3, -0.25) is 13.8 Å². The maximum absolute atomic E-state index is 12.8. The Bertz CT molecular complexity index is 1310. The Hall–Kier alpha value is -2.32. The van der Waals surface area contributed by atoms with Gasteiger partial charge in [-0.1, -0.05) is 214 Å². The maximum Gasteiger partial charge on any atom is 0.472 e. The third-order valence-electron chi connectivity index (χ3n) is 11.0. The van der Waals surface area contributed by atoms with Crippen molar-refractivity contribution in [2.45, 2.75) is 213 Å². The van der Waals surface area contributed by atoms with E-state index in [0.717, 1.165) is 83.5 Å². The van der Waals surface area contributed by atoms with Crippen LogP contribution in [0.15, 0.2) is 85.1 Å². The SMILES string of the molecule is CC/C=C\C/C=C\C/C=C\C/C=C\C/C=C\C/C=C\C/C=C\CCCCCC(=O)OC(COCCCCCCCCCCCCCCCCCCCC)COP(=O)(O)OCC[N+](C)(C)C. The number of unbranched alkanes of at least 4 members (excludes halogenated alkanes) is 20. The molecule has 9 heteroatoms. The van der Waals surface area contributed by atoms with Crippen molar-refractivity contribution in [1.29, 1.82) is 0 Å². The van der Waals surface area contributed by atoms with Gasteiger partial charge in [-0.2, -0.15) is 0 Å². The lowest BCUT2D eigenvalue weighted by Crippen LogP contribution is -2.37. The molecule has 65 heavy (non-hydrogen) atoms. The summed E-state index contributed by atoms with van der Waals surface area (Å²) in [4.78, 5) is 23.0. The number of quaternary nitrogens is 1. The predicted octanol–water partition coefficient (Wildman–Crippen LogP) is 16.4. The van der Waals surface area contributed by atoms with Gasteiger partial charge < -0.3 is 18.9 Å². The van der Waals surface area contributed by atoms with Gasteiger partial charge in [0.15, 0.2) is 0 Å². The number of phosphoric ester groups is 1. The van der Waals surface area contributed by atoms with Gasteiger partial charge in [0.2, 0.25) is 0 Å². The highest BCUT2D eigenvalue weighted by Crippen LogP contribution is 2.43. The molecule has 0 fully saturated rings. The van der Waals surface area contributed by atoms with Crippen LogP contribution in [-0.4, -0.2) is 75.6 Å². The van der Waals surface area contributed by atoms with Gasteiger partial charge >= 0.3 is 13.8 Å². The van der Waals surface area contributed by atoms with Gasteiger partial charge in [-0.25, -0.2) is 4.57 Å². The smallest absolute Gasteiger partial charge is 0.457 e.